The molecule has 0 aliphatic heterocycles. The molecule has 3 nitrogen and oxygen atoms in total. The molecule has 0 spiro atoms. The van der Waals surface area contributed by atoms with Gasteiger partial charge in [0.25, 0.3) is 0 Å². The predicted octanol–water partition coefficient (Wildman–Crippen LogP) is 2.16. The molecule has 0 amide bonds. The predicted molar refractivity (Wildman–Crippen MR) is 67.4 cm³/mol. The summed E-state index contributed by atoms with van der Waals surface area (Å²) in [5, 5.41) is 5.68. The van der Waals surface area contributed by atoms with E-state index in [1.807, 2.05) is 11.7 Å². The molecule has 16 heavy (non-hydrogen) atoms. The smallest absolute Gasteiger partial charge is 0.0684 e. The van der Waals surface area contributed by atoms with Crippen LogP contribution in [0, 0.1) is 6.92 Å². The minimum absolute atomic E-state index is 0.785. The van der Waals surface area contributed by atoms with Crippen LogP contribution in [-0.4, -0.2) is 16.3 Å². The Morgan fingerprint density at radius 1 is 1.31 bits per heavy atom. The van der Waals surface area contributed by atoms with Gasteiger partial charge in [-0.3, -0.25) is 4.68 Å². The Bertz CT molecular complexity index is 485. The summed E-state index contributed by atoms with van der Waals surface area (Å²) in [4.78, 5) is 0. The van der Waals surface area contributed by atoms with Gasteiger partial charge in [0, 0.05) is 12.4 Å². The van der Waals surface area contributed by atoms with Crippen molar-refractivity contribution in [2.45, 2.75) is 26.2 Å². The monoisotopic (exact) mass is 217 g/mol. The van der Waals surface area contributed by atoms with Gasteiger partial charge < -0.3 is 5.73 Å². The van der Waals surface area contributed by atoms with Crippen molar-refractivity contribution in [3.63, 3.8) is 0 Å². The van der Waals surface area contributed by atoms with Crippen molar-refractivity contribution in [3.05, 3.63) is 29.5 Å². The summed E-state index contributed by atoms with van der Waals surface area (Å²) in [6, 6.07) is 6.62. The van der Waals surface area contributed by atoms with Gasteiger partial charge in [0.05, 0.1) is 11.2 Å². The van der Waals surface area contributed by atoms with E-state index >= 15 is 0 Å². The van der Waals surface area contributed by atoms with Crippen molar-refractivity contribution in [2.24, 2.45) is 12.8 Å². The van der Waals surface area contributed by atoms with Crippen LogP contribution < -0.4 is 5.73 Å². The Morgan fingerprint density at radius 3 is 2.88 bits per heavy atom. The van der Waals surface area contributed by atoms with E-state index in [0.29, 0.717) is 0 Å². The summed E-state index contributed by atoms with van der Waals surface area (Å²) in [5.74, 6) is 0. The second-order valence-electron chi connectivity index (χ2n) is 4.31. The topological polar surface area (TPSA) is 43.8 Å². The van der Waals surface area contributed by atoms with Crippen molar-refractivity contribution >= 4 is 10.9 Å². The first kappa shape index (κ1) is 11.1. The Morgan fingerprint density at radius 2 is 2.12 bits per heavy atom. The van der Waals surface area contributed by atoms with Crippen LogP contribution in [0.5, 0.6) is 0 Å². The van der Waals surface area contributed by atoms with Crippen molar-refractivity contribution in [3.8, 4) is 0 Å². The third-order valence-corrected chi connectivity index (χ3v) is 3.02. The molecule has 0 saturated carbocycles. The van der Waals surface area contributed by atoms with Gasteiger partial charge in [-0.25, -0.2) is 0 Å². The molecule has 1 aromatic carbocycles. The van der Waals surface area contributed by atoms with Gasteiger partial charge in [-0.05, 0) is 44.4 Å². The molecular weight excluding hydrogens is 198 g/mol. The van der Waals surface area contributed by atoms with E-state index in [0.717, 1.165) is 25.1 Å². The van der Waals surface area contributed by atoms with E-state index < -0.39 is 0 Å². The van der Waals surface area contributed by atoms with Crippen molar-refractivity contribution in [1.29, 1.82) is 0 Å². The second-order valence-corrected chi connectivity index (χ2v) is 4.31. The number of fused-ring (bicyclic) bond motifs is 1. The minimum Gasteiger partial charge on any atom is -0.330 e. The first-order valence-corrected chi connectivity index (χ1v) is 5.84. The zero-order valence-corrected chi connectivity index (χ0v) is 10.0. The van der Waals surface area contributed by atoms with Crippen LogP contribution in [0.15, 0.2) is 18.2 Å². The highest BCUT2D eigenvalue weighted by Gasteiger charge is 2.04. The van der Waals surface area contributed by atoms with Crippen LogP contribution in [0.4, 0.5) is 0 Å². The van der Waals surface area contributed by atoms with Crippen molar-refractivity contribution in [1.82, 2.24) is 9.78 Å². The van der Waals surface area contributed by atoms with E-state index in [-0.39, 0.29) is 0 Å². The number of nitrogens with two attached hydrogens (primary N) is 1. The molecule has 0 unspecified atom stereocenters. The summed E-state index contributed by atoms with van der Waals surface area (Å²) < 4.78 is 1.96. The Labute approximate surface area is 96.2 Å². The highest BCUT2D eigenvalue weighted by atomic mass is 15.3. The highest BCUT2D eigenvalue weighted by molar-refractivity contribution is 5.82. The lowest BCUT2D eigenvalue weighted by atomic mass is 10.1. The molecule has 3 heteroatoms. The standard InChI is InChI=1S/C13H19N3/c1-10-12-7-6-11(5-3-4-8-14)9-13(12)16(2)15-10/h6-7,9H,3-5,8,14H2,1-2H3. The maximum absolute atomic E-state index is 5.50. The molecule has 0 aliphatic carbocycles. The Kier molecular flexibility index (Phi) is 3.25. The molecule has 0 atom stereocenters. The quantitative estimate of drug-likeness (QED) is 0.798. The van der Waals surface area contributed by atoms with Crippen LogP contribution >= 0.6 is 0 Å². The van der Waals surface area contributed by atoms with Gasteiger partial charge in [0.2, 0.25) is 0 Å². The molecule has 86 valence electrons. The fourth-order valence-electron chi connectivity index (χ4n) is 2.11. The van der Waals surface area contributed by atoms with Gasteiger partial charge in [0.15, 0.2) is 0 Å². The number of hydrogen-bond donors (Lipinski definition) is 1. The summed E-state index contributed by atoms with van der Waals surface area (Å²) in [6.07, 6.45) is 3.37. The SMILES string of the molecule is Cc1nn(C)c2cc(CCCCN)ccc12. The van der Waals surface area contributed by atoms with Crippen LogP contribution in [0.25, 0.3) is 10.9 Å². The van der Waals surface area contributed by atoms with Gasteiger partial charge in [-0.15, -0.1) is 0 Å². The van der Waals surface area contributed by atoms with E-state index in [1.165, 1.54) is 22.9 Å². The van der Waals surface area contributed by atoms with Crippen LogP contribution in [0.3, 0.4) is 0 Å². The molecule has 2 N–H and O–H groups in total. The van der Waals surface area contributed by atoms with E-state index in [9.17, 15) is 0 Å². The van der Waals surface area contributed by atoms with Crippen LogP contribution in [0.2, 0.25) is 0 Å². The molecule has 0 fully saturated rings. The number of aryl methyl sites for hydroxylation is 3. The molecule has 1 aromatic heterocycles. The molecule has 2 rings (SSSR count). The third kappa shape index (κ3) is 2.09. The average Bonchev–Trinajstić information content (AvgIpc) is 2.55. The van der Waals surface area contributed by atoms with E-state index in [4.69, 9.17) is 5.73 Å². The molecule has 1 heterocycles. The average molecular weight is 217 g/mol. The fourth-order valence-corrected chi connectivity index (χ4v) is 2.11. The lowest BCUT2D eigenvalue weighted by Crippen LogP contribution is -1.99. The summed E-state index contributed by atoms with van der Waals surface area (Å²) in [5.41, 5.74) is 9.20. The van der Waals surface area contributed by atoms with Crippen molar-refractivity contribution in [2.75, 3.05) is 6.54 Å². The number of rotatable bonds is 4. The van der Waals surface area contributed by atoms with Crippen molar-refractivity contribution < 1.29 is 0 Å². The van der Waals surface area contributed by atoms with Crippen LogP contribution in [0.1, 0.15) is 24.1 Å². The molecule has 2 aromatic rings. The molecule has 0 radical (unpaired) electrons. The molecule has 0 bridgehead atoms. The highest BCUT2D eigenvalue weighted by Crippen LogP contribution is 2.19. The fraction of sp³-hybridized carbons (Fsp3) is 0.462. The zero-order valence-electron chi connectivity index (χ0n) is 10.0. The van der Waals surface area contributed by atoms with Crippen LogP contribution in [-0.2, 0) is 13.5 Å². The van der Waals surface area contributed by atoms with Gasteiger partial charge >= 0.3 is 0 Å². The second kappa shape index (κ2) is 4.66. The molecule has 0 saturated heterocycles. The van der Waals surface area contributed by atoms with Gasteiger partial charge in [0.1, 0.15) is 0 Å². The number of unbranched alkanes of at least 4 members (excludes halogenated alkanes) is 1. The maximum atomic E-state index is 5.50. The van der Waals surface area contributed by atoms with Gasteiger partial charge in [-0.2, -0.15) is 5.10 Å². The normalized spacial score (nSPS) is 11.2. The lowest BCUT2D eigenvalue weighted by molar-refractivity contribution is 0.744. The zero-order chi connectivity index (χ0) is 11.5. The summed E-state index contributed by atoms with van der Waals surface area (Å²) in [6.45, 7) is 2.84. The summed E-state index contributed by atoms with van der Waals surface area (Å²) >= 11 is 0. The number of nitrogens with zero attached hydrogens (tertiary/aromatic N) is 2. The Hall–Kier alpha value is -1.35. The van der Waals surface area contributed by atoms with E-state index in [2.05, 4.69) is 30.2 Å². The molecular formula is C13H19N3. The third-order valence-electron chi connectivity index (χ3n) is 3.02. The van der Waals surface area contributed by atoms with Gasteiger partial charge in [-0.1, -0.05) is 12.1 Å². The minimum atomic E-state index is 0.785. The first-order chi connectivity index (χ1) is 7.72. The number of hydrogen-bond acceptors (Lipinski definition) is 2. The van der Waals surface area contributed by atoms with E-state index in [1.54, 1.807) is 0 Å². The maximum Gasteiger partial charge on any atom is 0.0684 e. The first-order valence-electron chi connectivity index (χ1n) is 5.84. The lowest BCUT2D eigenvalue weighted by Gasteiger charge is -2.02. The largest absolute Gasteiger partial charge is 0.330 e. The Balaban J connectivity index is 2.25. The number of benzene rings is 1. The summed E-state index contributed by atoms with van der Waals surface area (Å²) in [7, 11) is 2.00. The number of aromatic nitrogens is 2. The molecule has 0 aliphatic rings.